The van der Waals surface area contributed by atoms with Gasteiger partial charge in [0.15, 0.2) is 0 Å². The van der Waals surface area contributed by atoms with Crippen molar-refractivity contribution in [2.24, 2.45) is 0 Å². The van der Waals surface area contributed by atoms with Gasteiger partial charge in [-0.1, -0.05) is 42.5 Å². The average Bonchev–Trinajstić information content (AvgIpc) is 2.48. The van der Waals surface area contributed by atoms with Crippen molar-refractivity contribution >= 4 is 5.91 Å². The summed E-state index contributed by atoms with van der Waals surface area (Å²) >= 11 is 0. The van der Waals surface area contributed by atoms with Crippen LogP contribution in [0.1, 0.15) is 17.3 Å². The first-order valence-electron chi connectivity index (χ1n) is 6.28. The molecule has 0 radical (unpaired) electrons. The minimum atomic E-state index is -0.235. The van der Waals surface area contributed by atoms with Crippen LogP contribution in [0.3, 0.4) is 0 Å². The van der Waals surface area contributed by atoms with E-state index < -0.39 is 0 Å². The van der Waals surface area contributed by atoms with Crippen LogP contribution in [0.15, 0.2) is 54.6 Å². The van der Waals surface area contributed by atoms with Gasteiger partial charge in [0.25, 0.3) is 5.91 Å². The maximum atomic E-state index is 11.8. The number of nitrogens with one attached hydrogen (secondary N) is 1. The third-order valence-corrected chi connectivity index (χ3v) is 2.91. The molecule has 0 saturated heterocycles. The van der Waals surface area contributed by atoms with Crippen molar-refractivity contribution in [3.63, 3.8) is 0 Å². The van der Waals surface area contributed by atoms with E-state index in [1.54, 1.807) is 19.1 Å². The Morgan fingerprint density at radius 1 is 1.05 bits per heavy atom. The lowest BCUT2D eigenvalue weighted by molar-refractivity contribution is 0.0922. The third-order valence-electron chi connectivity index (χ3n) is 2.91. The highest BCUT2D eigenvalue weighted by molar-refractivity contribution is 5.94. The molecule has 3 nitrogen and oxygen atoms in total. The standard InChI is InChI=1S/C16H17NO2/c1-12(11-18)17-16(19)15-9-7-14(8-10-15)13-5-3-2-4-6-13/h2-10,12,18H,11H2,1H3,(H,17,19)/t12-/m1/s1. The fourth-order valence-electron chi connectivity index (χ4n) is 1.80. The van der Waals surface area contributed by atoms with Crippen LogP contribution in [0, 0.1) is 0 Å². The van der Waals surface area contributed by atoms with Crippen molar-refractivity contribution in [2.45, 2.75) is 13.0 Å². The Kier molecular flexibility index (Phi) is 4.31. The van der Waals surface area contributed by atoms with E-state index in [-0.39, 0.29) is 18.6 Å². The summed E-state index contributed by atoms with van der Waals surface area (Å²) in [6.07, 6.45) is 0. The fourth-order valence-corrected chi connectivity index (χ4v) is 1.80. The molecule has 2 N–H and O–H groups in total. The van der Waals surface area contributed by atoms with Crippen LogP contribution in [0.4, 0.5) is 0 Å². The Morgan fingerprint density at radius 3 is 2.21 bits per heavy atom. The molecule has 0 bridgehead atoms. The van der Waals surface area contributed by atoms with E-state index in [4.69, 9.17) is 5.11 Å². The summed E-state index contributed by atoms with van der Waals surface area (Å²) in [6.45, 7) is 1.70. The number of aliphatic hydroxyl groups is 1. The SMILES string of the molecule is C[C@H](CO)NC(=O)c1ccc(-c2ccccc2)cc1. The van der Waals surface area contributed by atoms with Crippen molar-refractivity contribution in [2.75, 3.05) is 6.61 Å². The largest absolute Gasteiger partial charge is 0.394 e. The minimum Gasteiger partial charge on any atom is -0.394 e. The summed E-state index contributed by atoms with van der Waals surface area (Å²) in [5, 5.41) is 11.6. The molecule has 0 fully saturated rings. The van der Waals surface area contributed by atoms with E-state index in [1.807, 2.05) is 42.5 Å². The molecule has 0 heterocycles. The van der Waals surface area contributed by atoms with Crippen LogP contribution in [0.5, 0.6) is 0 Å². The predicted octanol–water partition coefficient (Wildman–Crippen LogP) is 2.46. The van der Waals surface area contributed by atoms with Crippen molar-refractivity contribution in [1.82, 2.24) is 5.32 Å². The number of aliphatic hydroxyl groups excluding tert-OH is 1. The van der Waals surface area contributed by atoms with Crippen molar-refractivity contribution in [3.05, 3.63) is 60.2 Å². The van der Waals surface area contributed by atoms with Gasteiger partial charge < -0.3 is 10.4 Å². The summed E-state index contributed by atoms with van der Waals surface area (Å²) in [5.74, 6) is -0.166. The van der Waals surface area contributed by atoms with Crippen molar-refractivity contribution in [3.8, 4) is 11.1 Å². The molecule has 0 aliphatic carbocycles. The van der Waals surface area contributed by atoms with Gasteiger partial charge in [0.05, 0.1) is 6.61 Å². The van der Waals surface area contributed by atoms with Crippen LogP contribution in [-0.2, 0) is 0 Å². The molecule has 0 aliphatic rings. The average molecular weight is 255 g/mol. The van der Waals surface area contributed by atoms with Gasteiger partial charge in [-0.2, -0.15) is 0 Å². The van der Waals surface area contributed by atoms with Crippen LogP contribution < -0.4 is 5.32 Å². The molecular formula is C16H17NO2. The molecule has 3 heteroatoms. The summed E-state index contributed by atoms with van der Waals surface area (Å²) < 4.78 is 0. The maximum absolute atomic E-state index is 11.8. The molecule has 0 aliphatic heterocycles. The van der Waals surface area contributed by atoms with Gasteiger partial charge >= 0.3 is 0 Å². The highest BCUT2D eigenvalue weighted by Crippen LogP contribution is 2.19. The van der Waals surface area contributed by atoms with Crippen LogP contribution >= 0.6 is 0 Å². The Balaban J connectivity index is 2.13. The zero-order valence-corrected chi connectivity index (χ0v) is 10.8. The van der Waals surface area contributed by atoms with Crippen LogP contribution in [-0.4, -0.2) is 23.7 Å². The number of carbonyl (C=O) groups is 1. The lowest BCUT2D eigenvalue weighted by Gasteiger charge is -2.11. The molecule has 2 rings (SSSR count). The zero-order chi connectivity index (χ0) is 13.7. The number of benzene rings is 2. The monoisotopic (exact) mass is 255 g/mol. The number of hydrogen-bond donors (Lipinski definition) is 2. The first-order valence-corrected chi connectivity index (χ1v) is 6.28. The molecule has 2 aromatic carbocycles. The highest BCUT2D eigenvalue weighted by Gasteiger charge is 2.08. The smallest absolute Gasteiger partial charge is 0.251 e. The lowest BCUT2D eigenvalue weighted by atomic mass is 10.0. The van der Waals surface area contributed by atoms with Gasteiger partial charge in [-0.3, -0.25) is 4.79 Å². The Bertz CT molecular complexity index is 534. The van der Waals surface area contributed by atoms with E-state index >= 15 is 0 Å². The van der Waals surface area contributed by atoms with Gasteiger partial charge in [0.1, 0.15) is 0 Å². The molecule has 0 aromatic heterocycles. The number of hydrogen-bond acceptors (Lipinski definition) is 2. The quantitative estimate of drug-likeness (QED) is 0.881. The first-order chi connectivity index (χ1) is 9.20. The van der Waals surface area contributed by atoms with Gasteiger partial charge in [-0.15, -0.1) is 0 Å². The lowest BCUT2D eigenvalue weighted by Crippen LogP contribution is -2.34. The van der Waals surface area contributed by atoms with E-state index in [1.165, 1.54) is 0 Å². The van der Waals surface area contributed by atoms with Crippen molar-refractivity contribution < 1.29 is 9.90 Å². The van der Waals surface area contributed by atoms with E-state index in [0.29, 0.717) is 5.56 Å². The first kappa shape index (κ1) is 13.3. The summed E-state index contributed by atoms with van der Waals surface area (Å²) in [7, 11) is 0. The topological polar surface area (TPSA) is 49.3 Å². The predicted molar refractivity (Wildman–Crippen MR) is 75.9 cm³/mol. The number of rotatable bonds is 4. The maximum Gasteiger partial charge on any atom is 0.251 e. The molecular weight excluding hydrogens is 238 g/mol. The summed E-state index contributed by atoms with van der Waals surface area (Å²) in [5.41, 5.74) is 2.80. The second-order valence-corrected chi connectivity index (χ2v) is 4.50. The normalized spacial score (nSPS) is 11.9. The Morgan fingerprint density at radius 2 is 1.63 bits per heavy atom. The Labute approximate surface area is 112 Å². The van der Waals surface area contributed by atoms with Gasteiger partial charge in [-0.25, -0.2) is 0 Å². The molecule has 98 valence electrons. The second-order valence-electron chi connectivity index (χ2n) is 4.50. The molecule has 0 unspecified atom stereocenters. The molecule has 0 spiro atoms. The highest BCUT2D eigenvalue weighted by atomic mass is 16.3. The summed E-state index contributed by atoms with van der Waals surface area (Å²) in [6, 6.07) is 17.2. The summed E-state index contributed by atoms with van der Waals surface area (Å²) in [4.78, 5) is 11.8. The fraction of sp³-hybridized carbons (Fsp3) is 0.188. The van der Waals surface area contributed by atoms with Crippen molar-refractivity contribution in [1.29, 1.82) is 0 Å². The van der Waals surface area contributed by atoms with E-state index in [2.05, 4.69) is 5.32 Å². The molecule has 1 amide bonds. The second kappa shape index (κ2) is 6.16. The van der Waals surface area contributed by atoms with E-state index in [9.17, 15) is 4.79 Å². The Hall–Kier alpha value is -2.13. The minimum absolute atomic E-state index is 0.0617. The molecule has 2 aromatic rings. The number of amides is 1. The third kappa shape index (κ3) is 3.42. The van der Waals surface area contributed by atoms with Gasteiger partial charge in [-0.05, 0) is 30.2 Å². The zero-order valence-electron chi connectivity index (χ0n) is 10.8. The van der Waals surface area contributed by atoms with Crippen LogP contribution in [0.25, 0.3) is 11.1 Å². The van der Waals surface area contributed by atoms with Gasteiger partial charge in [0.2, 0.25) is 0 Å². The van der Waals surface area contributed by atoms with Crippen LogP contribution in [0.2, 0.25) is 0 Å². The van der Waals surface area contributed by atoms with E-state index in [0.717, 1.165) is 11.1 Å². The molecule has 0 saturated carbocycles. The molecule has 19 heavy (non-hydrogen) atoms. The molecule has 1 atom stereocenters. The van der Waals surface area contributed by atoms with Gasteiger partial charge in [0, 0.05) is 11.6 Å². The number of carbonyl (C=O) groups excluding carboxylic acids is 1.